The van der Waals surface area contributed by atoms with Crippen molar-refractivity contribution < 1.29 is 0 Å². The monoisotopic (exact) mass is 794 g/mol. The Bertz CT molecular complexity index is 2540. The number of rotatable bonds is 12. The molecule has 0 radical (unpaired) electrons. The SMILES string of the molecule is CC.CCC1=CC=C(N(C=C(c2ccccc2)c2ccccc2)c2ccc(/C=C/C=C/C3=CCC(N(c4ccc(C)cc4)c4ccc(C)cc4)C=C3)c3ccccc23)CC=C1. The molecule has 6 aromatic rings. The first-order valence-corrected chi connectivity index (χ1v) is 21.9. The number of hydrogen-bond acceptors (Lipinski definition) is 2. The molecule has 0 fully saturated rings. The highest BCUT2D eigenvalue weighted by atomic mass is 15.2. The van der Waals surface area contributed by atoms with Crippen LogP contribution in [0.3, 0.4) is 0 Å². The fourth-order valence-corrected chi connectivity index (χ4v) is 7.93. The van der Waals surface area contributed by atoms with Crippen molar-refractivity contribution in [2.75, 3.05) is 9.80 Å². The Hall–Kier alpha value is -6.90. The zero-order chi connectivity index (χ0) is 42.4. The van der Waals surface area contributed by atoms with Crippen molar-refractivity contribution in [3.63, 3.8) is 0 Å². The van der Waals surface area contributed by atoms with Crippen molar-refractivity contribution in [2.24, 2.45) is 0 Å². The second-order valence-corrected chi connectivity index (χ2v) is 15.3. The van der Waals surface area contributed by atoms with Gasteiger partial charge in [0.2, 0.25) is 0 Å². The molecule has 0 saturated carbocycles. The molecular formula is C59H58N2. The molecule has 1 unspecified atom stereocenters. The number of fused-ring (bicyclic) bond motifs is 1. The molecule has 0 aliphatic heterocycles. The summed E-state index contributed by atoms with van der Waals surface area (Å²) in [4.78, 5) is 4.86. The second kappa shape index (κ2) is 20.9. The molecule has 304 valence electrons. The topological polar surface area (TPSA) is 6.48 Å². The predicted octanol–water partition coefficient (Wildman–Crippen LogP) is 16.2. The lowest BCUT2D eigenvalue weighted by molar-refractivity contribution is 0.781. The van der Waals surface area contributed by atoms with Gasteiger partial charge in [-0.25, -0.2) is 0 Å². The van der Waals surface area contributed by atoms with E-state index >= 15 is 0 Å². The molecule has 0 spiro atoms. The van der Waals surface area contributed by atoms with Gasteiger partial charge in [0, 0.05) is 40.7 Å². The van der Waals surface area contributed by atoms with Crippen molar-refractivity contribution in [3.05, 3.63) is 257 Å². The Morgan fingerprint density at radius 3 is 1.80 bits per heavy atom. The molecule has 0 heterocycles. The standard InChI is InChI=1S/C57H52N2.C2H6/c1-4-45-17-15-23-50(38-30-45)58(42-56(47-18-7-5-8-19-47)48-20-9-6-10-21-48)57-41-33-49(54-24-13-14-25-55(54)57)22-12-11-16-46-31-39-53(40-32-46)59(51-34-26-43(2)27-35-51)52-36-28-44(3)29-37-52;1-2/h5-22,24-39,41-42,53H,4,23,40H2,1-3H3;1-2H3/b16-11+,22-12+;. The van der Waals surface area contributed by atoms with Crippen LogP contribution in [0.25, 0.3) is 22.4 Å². The minimum atomic E-state index is 0.235. The van der Waals surface area contributed by atoms with E-state index in [1.165, 1.54) is 72.4 Å². The highest BCUT2D eigenvalue weighted by molar-refractivity contribution is 6.01. The van der Waals surface area contributed by atoms with Gasteiger partial charge >= 0.3 is 0 Å². The molecule has 1 atom stereocenters. The van der Waals surface area contributed by atoms with Crippen LogP contribution in [0.1, 0.15) is 67.9 Å². The van der Waals surface area contributed by atoms with Crippen LogP contribution < -0.4 is 9.80 Å². The van der Waals surface area contributed by atoms with Crippen LogP contribution in [0.4, 0.5) is 17.1 Å². The molecule has 0 bridgehead atoms. The van der Waals surface area contributed by atoms with Gasteiger partial charge in [0.1, 0.15) is 0 Å². The van der Waals surface area contributed by atoms with Crippen LogP contribution in [0.2, 0.25) is 0 Å². The minimum absolute atomic E-state index is 0.235. The number of nitrogens with zero attached hydrogens (tertiary/aromatic N) is 2. The summed E-state index contributed by atoms with van der Waals surface area (Å²) in [5.74, 6) is 0. The largest absolute Gasteiger partial charge is 0.334 e. The number of benzene rings is 6. The van der Waals surface area contributed by atoms with Gasteiger partial charge in [-0.3, -0.25) is 0 Å². The lowest BCUT2D eigenvalue weighted by Gasteiger charge is -2.33. The van der Waals surface area contributed by atoms with E-state index in [9.17, 15) is 0 Å². The summed E-state index contributed by atoms with van der Waals surface area (Å²) in [7, 11) is 0. The maximum Gasteiger partial charge on any atom is 0.0560 e. The third kappa shape index (κ3) is 10.5. The van der Waals surface area contributed by atoms with Gasteiger partial charge in [-0.05, 0) is 96.3 Å². The van der Waals surface area contributed by atoms with Crippen molar-refractivity contribution >= 4 is 39.5 Å². The zero-order valence-corrected chi connectivity index (χ0v) is 36.4. The fraction of sp³-hybridized carbons (Fsp3) is 0.153. The first kappa shape index (κ1) is 42.2. The fourth-order valence-electron chi connectivity index (χ4n) is 7.93. The molecule has 8 rings (SSSR count). The van der Waals surface area contributed by atoms with Crippen molar-refractivity contribution in [3.8, 4) is 0 Å². The van der Waals surface area contributed by atoms with Gasteiger partial charge in [0.25, 0.3) is 0 Å². The molecule has 6 aromatic carbocycles. The van der Waals surface area contributed by atoms with E-state index in [0.717, 1.165) is 24.9 Å². The molecule has 2 nitrogen and oxygen atoms in total. The van der Waals surface area contributed by atoms with Crippen molar-refractivity contribution in [1.82, 2.24) is 0 Å². The average Bonchev–Trinajstić information content (AvgIpc) is 3.57. The van der Waals surface area contributed by atoms with Crippen LogP contribution in [0, 0.1) is 13.8 Å². The summed E-state index contributed by atoms with van der Waals surface area (Å²) in [6.45, 7) is 10.5. The van der Waals surface area contributed by atoms with E-state index in [4.69, 9.17) is 0 Å². The van der Waals surface area contributed by atoms with E-state index in [0.29, 0.717) is 0 Å². The quantitative estimate of drug-likeness (QED) is 0.114. The molecule has 0 amide bonds. The molecule has 0 aromatic heterocycles. The van der Waals surface area contributed by atoms with Crippen LogP contribution >= 0.6 is 0 Å². The highest BCUT2D eigenvalue weighted by Gasteiger charge is 2.20. The van der Waals surface area contributed by atoms with Gasteiger partial charge in [0.15, 0.2) is 0 Å². The molecular weight excluding hydrogens is 737 g/mol. The Balaban J connectivity index is 0.00000277. The lowest BCUT2D eigenvalue weighted by atomic mass is 9.97. The van der Waals surface area contributed by atoms with E-state index in [-0.39, 0.29) is 6.04 Å². The molecule has 2 aliphatic rings. The van der Waals surface area contributed by atoms with E-state index in [1.54, 1.807) is 0 Å². The van der Waals surface area contributed by atoms with E-state index < -0.39 is 0 Å². The molecule has 2 heteroatoms. The zero-order valence-electron chi connectivity index (χ0n) is 36.4. The summed E-state index contributed by atoms with van der Waals surface area (Å²) >= 11 is 0. The van der Waals surface area contributed by atoms with Crippen LogP contribution in [-0.4, -0.2) is 6.04 Å². The summed E-state index contributed by atoms with van der Waals surface area (Å²) in [5, 5.41) is 2.43. The summed E-state index contributed by atoms with van der Waals surface area (Å²) < 4.78 is 0. The summed E-state index contributed by atoms with van der Waals surface area (Å²) in [5.41, 5.74) is 14.6. The Morgan fingerprint density at radius 1 is 0.623 bits per heavy atom. The van der Waals surface area contributed by atoms with E-state index in [1.807, 2.05) is 13.8 Å². The smallest absolute Gasteiger partial charge is 0.0560 e. The van der Waals surface area contributed by atoms with Crippen molar-refractivity contribution in [1.29, 1.82) is 0 Å². The summed E-state index contributed by atoms with van der Waals surface area (Å²) in [6, 6.07) is 52.8. The van der Waals surface area contributed by atoms with Crippen molar-refractivity contribution in [2.45, 2.75) is 59.9 Å². The summed E-state index contributed by atoms with van der Waals surface area (Å²) in [6.07, 6.45) is 30.0. The molecule has 0 N–H and O–H groups in total. The number of hydrogen-bond donors (Lipinski definition) is 0. The maximum absolute atomic E-state index is 2.45. The molecule has 61 heavy (non-hydrogen) atoms. The number of anilines is 3. The van der Waals surface area contributed by atoms with Crippen LogP contribution in [-0.2, 0) is 0 Å². The van der Waals surface area contributed by atoms with Crippen LogP contribution in [0.5, 0.6) is 0 Å². The number of aryl methyl sites for hydroxylation is 2. The Labute approximate surface area is 364 Å². The number of allylic oxidation sites excluding steroid dienone is 10. The Kier molecular flexibility index (Phi) is 14.5. The normalized spacial score (nSPS) is 14.8. The van der Waals surface area contributed by atoms with Gasteiger partial charge in [0.05, 0.1) is 11.7 Å². The third-order valence-corrected chi connectivity index (χ3v) is 11.2. The van der Waals surface area contributed by atoms with Crippen LogP contribution in [0.15, 0.2) is 229 Å². The first-order valence-electron chi connectivity index (χ1n) is 21.9. The van der Waals surface area contributed by atoms with Gasteiger partial charge in [-0.1, -0.05) is 208 Å². The third-order valence-electron chi connectivity index (χ3n) is 11.2. The minimum Gasteiger partial charge on any atom is -0.334 e. The second-order valence-electron chi connectivity index (χ2n) is 15.3. The first-order chi connectivity index (χ1) is 30.0. The van der Waals surface area contributed by atoms with Gasteiger partial charge < -0.3 is 9.80 Å². The van der Waals surface area contributed by atoms with E-state index in [2.05, 4.69) is 249 Å². The lowest BCUT2D eigenvalue weighted by Crippen LogP contribution is -2.30. The molecule has 2 aliphatic carbocycles. The maximum atomic E-state index is 2.45. The van der Waals surface area contributed by atoms with Gasteiger partial charge in [-0.2, -0.15) is 0 Å². The average molecular weight is 795 g/mol. The van der Waals surface area contributed by atoms with Gasteiger partial charge in [-0.15, -0.1) is 0 Å². The Morgan fingerprint density at radius 2 is 1.21 bits per heavy atom. The highest BCUT2D eigenvalue weighted by Crippen LogP contribution is 2.37. The molecule has 0 saturated heterocycles. The predicted molar refractivity (Wildman–Crippen MR) is 266 cm³/mol.